The van der Waals surface area contributed by atoms with Crippen molar-refractivity contribution in [3.05, 3.63) is 94.0 Å². The van der Waals surface area contributed by atoms with Crippen molar-refractivity contribution in [3.63, 3.8) is 0 Å². The number of ketones is 1. The zero-order chi connectivity index (χ0) is 26.2. The smallest absolute Gasteiger partial charge is 0.300 e. The van der Waals surface area contributed by atoms with Crippen molar-refractivity contribution in [3.8, 4) is 11.5 Å². The highest BCUT2D eigenvalue weighted by Crippen LogP contribution is 2.44. The van der Waals surface area contributed by atoms with Gasteiger partial charge in [-0.25, -0.2) is 0 Å². The van der Waals surface area contributed by atoms with Crippen LogP contribution in [0.1, 0.15) is 43.5 Å². The van der Waals surface area contributed by atoms with Gasteiger partial charge in [0, 0.05) is 10.7 Å². The number of carbonyl (C=O) groups excluding carboxylic acids is 2. The molecule has 1 saturated heterocycles. The van der Waals surface area contributed by atoms with E-state index >= 15 is 0 Å². The third kappa shape index (κ3) is 4.56. The molecule has 0 spiro atoms. The molecule has 1 aliphatic rings. The van der Waals surface area contributed by atoms with Crippen molar-refractivity contribution in [2.24, 2.45) is 0 Å². The van der Waals surface area contributed by atoms with Gasteiger partial charge >= 0.3 is 0 Å². The van der Waals surface area contributed by atoms with Crippen molar-refractivity contribution in [2.75, 3.05) is 19.1 Å². The summed E-state index contributed by atoms with van der Waals surface area (Å²) in [5, 5.41) is 11.8. The first-order valence-electron chi connectivity index (χ1n) is 11.5. The van der Waals surface area contributed by atoms with E-state index in [1.807, 2.05) is 24.3 Å². The van der Waals surface area contributed by atoms with Gasteiger partial charge in [-0.3, -0.25) is 14.5 Å². The van der Waals surface area contributed by atoms with E-state index in [0.717, 1.165) is 5.56 Å². The fourth-order valence-electron chi connectivity index (χ4n) is 4.33. The molecule has 186 valence electrons. The molecular weight excluding hydrogens is 478 g/mol. The minimum absolute atomic E-state index is 0.0503. The van der Waals surface area contributed by atoms with Crippen LogP contribution in [0.5, 0.6) is 11.5 Å². The minimum atomic E-state index is -0.875. The number of halogens is 1. The summed E-state index contributed by atoms with van der Waals surface area (Å²) in [5.74, 6) is -0.938. The van der Waals surface area contributed by atoms with E-state index in [4.69, 9.17) is 21.1 Å². The molecule has 1 aliphatic heterocycles. The van der Waals surface area contributed by atoms with E-state index in [-0.39, 0.29) is 22.3 Å². The number of anilines is 1. The van der Waals surface area contributed by atoms with Crippen LogP contribution in [0.2, 0.25) is 5.02 Å². The number of hydrogen-bond donors (Lipinski definition) is 1. The second-order valence-electron chi connectivity index (χ2n) is 9.58. The van der Waals surface area contributed by atoms with Crippen LogP contribution < -0.4 is 14.4 Å². The minimum Gasteiger partial charge on any atom is -0.507 e. The van der Waals surface area contributed by atoms with Crippen LogP contribution in [-0.2, 0) is 15.0 Å². The molecule has 3 aromatic rings. The molecule has 1 unspecified atom stereocenters. The highest BCUT2D eigenvalue weighted by Gasteiger charge is 2.47. The van der Waals surface area contributed by atoms with Crippen LogP contribution in [0.3, 0.4) is 0 Å². The van der Waals surface area contributed by atoms with Crippen molar-refractivity contribution >= 4 is 34.7 Å². The first-order chi connectivity index (χ1) is 17.1. The van der Waals surface area contributed by atoms with Gasteiger partial charge in [-0.1, -0.05) is 56.6 Å². The lowest BCUT2D eigenvalue weighted by atomic mass is 9.87. The molecule has 1 atom stereocenters. The molecule has 0 aromatic heterocycles. The maximum Gasteiger partial charge on any atom is 0.300 e. The van der Waals surface area contributed by atoms with Crippen LogP contribution in [-0.4, -0.2) is 31.0 Å². The van der Waals surface area contributed by atoms with Crippen molar-refractivity contribution < 1.29 is 24.2 Å². The van der Waals surface area contributed by atoms with Gasteiger partial charge < -0.3 is 14.6 Å². The molecule has 4 rings (SSSR count). The summed E-state index contributed by atoms with van der Waals surface area (Å²) in [6.07, 6.45) is 0. The number of benzene rings is 3. The standard InChI is InChI=1S/C29H28ClNO5/c1-29(2,3)18-8-11-20(12-9-18)31-25(17-6-13-21(35-4)14-7-17)24(27(33)28(31)34)26(32)22-16-19(30)10-15-23(22)36-5/h6-16,25,32H,1-5H3/b26-24+. The van der Waals surface area contributed by atoms with E-state index in [2.05, 4.69) is 20.8 Å². The van der Waals surface area contributed by atoms with Crippen LogP contribution >= 0.6 is 11.6 Å². The van der Waals surface area contributed by atoms with Gasteiger partial charge in [0.25, 0.3) is 11.7 Å². The molecule has 0 saturated carbocycles. The number of rotatable bonds is 5. The lowest BCUT2D eigenvalue weighted by Crippen LogP contribution is -2.29. The Morgan fingerprint density at radius 2 is 1.56 bits per heavy atom. The first-order valence-corrected chi connectivity index (χ1v) is 11.8. The summed E-state index contributed by atoms with van der Waals surface area (Å²) in [7, 11) is 3.01. The molecule has 1 N–H and O–H groups in total. The zero-order valence-corrected chi connectivity index (χ0v) is 21.6. The van der Waals surface area contributed by atoms with Gasteiger partial charge in [-0.15, -0.1) is 0 Å². The lowest BCUT2D eigenvalue weighted by Gasteiger charge is -2.27. The highest BCUT2D eigenvalue weighted by atomic mass is 35.5. The number of amides is 1. The third-order valence-corrected chi connectivity index (χ3v) is 6.54. The summed E-state index contributed by atoms with van der Waals surface area (Å²) >= 11 is 6.19. The maximum atomic E-state index is 13.4. The predicted molar refractivity (Wildman–Crippen MR) is 141 cm³/mol. The van der Waals surface area contributed by atoms with Gasteiger partial charge in [0.1, 0.15) is 17.3 Å². The number of nitrogens with zero attached hydrogens (tertiary/aromatic N) is 1. The number of ether oxygens (including phenoxy) is 2. The Morgan fingerprint density at radius 1 is 0.917 bits per heavy atom. The van der Waals surface area contributed by atoms with E-state index in [1.54, 1.807) is 43.5 Å². The molecule has 6 nitrogen and oxygen atoms in total. The van der Waals surface area contributed by atoms with Gasteiger partial charge in [-0.2, -0.15) is 0 Å². The van der Waals surface area contributed by atoms with Crippen LogP contribution in [0.15, 0.2) is 72.3 Å². The zero-order valence-electron chi connectivity index (χ0n) is 20.8. The number of aliphatic hydroxyl groups is 1. The Hall–Kier alpha value is -3.77. The van der Waals surface area contributed by atoms with E-state index in [0.29, 0.717) is 27.8 Å². The summed E-state index contributed by atoms with van der Waals surface area (Å²) in [6, 6.07) is 18.4. The largest absolute Gasteiger partial charge is 0.507 e. The molecule has 0 radical (unpaired) electrons. The SMILES string of the molecule is COc1ccc(C2/C(=C(\O)c3cc(Cl)ccc3OC)C(=O)C(=O)N2c2ccc(C(C)(C)C)cc2)cc1. The number of Topliss-reactive ketones (excluding diaryl/α,β-unsaturated/α-hetero) is 1. The molecule has 1 fully saturated rings. The third-order valence-electron chi connectivity index (χ3n) is 6.30. The van der Waals surface area contributed by atoms with Gasteiger partial charge in [-0.05, 0) is 59.0 Å². The quantitative estimate of drug-likeness (QED) is 0.251. The van der Waals surface area contributed by atoms with Crippen molar-refractivity contribution in [1.29, 1.82) is 0 Å². The van der Waals surface area contributed by atoms with Crippen molar-refractivity contribution in [1.82, 2.24) is 0 Å². The average Bonchev–Trinajstić information content (AvgIpc) is 3.13. The normalized spacial score (nSPS) is 17.4. The van der Waals surface area contributed by atoms with Gasteiger partial charge in [0.05, 0.1) is 31.4 Å². The monoisotopic (exact) mass is 505 g/mol. The fraction of sp³-hybridized carbons (Fsp3) is 0.241. The molecule has 3 aromatic carbocycles. The Labute approximate surface area is 215 Å². The second-order valence-corrected chi connectivity index (χ2v) is 10.0. The van der Waals surface area contributed by atoms with E-state index < -0.39 is 17.7 Å². The Balaban J connectivity index is 1.94. The summed E-state index contributed by atoms with van der Waals surface area (Å²) < 4.78 is 10.7. The average molecular weight is 506 g/mol. The van der Waals surface area contributed by atoms with Gasteiger partial charge in [0.15, 0.2) is 0 Å². The molecule has 0 bridgehead atoms. The molecule has 36 heavy (non-hydrogen) atoms. The first kappa shape index (κ1) is 25.3. The fourth-order valence-corrected chi connectivity index (χ4v) is 4.50. The number of carbonyl (C=O) groups is 2. The van der Waals surface area contributed by atoms with E-state index in [1.165, 1.54) is 18.1 Å². The van der Waals surface area contributed by atoms with Gasteiger partial charge in [0.2, 0.25) is 0 Å². The summed E-state index contributed by atoms with van der Waals surface area (Å²) in [4.78, 5) is 28.2. The number of aliphatic hydroxyl groups excluding tert-OH is 1. The second kappa shape index (κ2) is 9.70. The summed E-state index contributed by atoms with van der Waals surface area (Å²) in [5.41, 5.74) is 2.37. The lowest BCUT2D eigenvalue weighted by molar-refractivity contribution is -0.132. The molecule has 0 aliphatic carbocycles. The molecule has 1 heterocycles. The topological polar surface area (TPSA) is 76.1 Å². The van der Waals surface area contributed by atoms with Crippen molar-refractivity contribution in [2.45, 2.75) is 32.2 Å². The van der Waals surface area contributed by atoms with E-state index in [9.17, 15) is 14.7 Å². The predicted octanol–water partition coefficient (Wildman–Crippen LogP) is 6.28. The molecule has 7 heteroatoms. The molecule has 1 amide bonds. The Bertz CT molecular complexity index is 1340. The maximum absolute atomic E-state index is 13.4. The Morgan fingerprint density at radius 3 is 2.11 bits per heavy atom. The Kier molecular flexibility index (Phi) is 6.83. The van der Waals surface area contributed by atoms with Crippen LogP contribution in [0.4, 0.5) is 5.69 Å². The number of methoxy groups -OCH3 is 2. The molecular formula is C29H28ClNO5. The van der Waals surface area contributed by atoms with Crippen LogP contribution in [0, 0.1) is 0 Å². The highest BCUT2D eigenvalue weighted by molar-refractivity contribution is 6.51. The summed E-state index contributed by atoms with van der Waals surface area (Å²) in [6.45, 7) is 6.30. The van der Waals surface area contributed by atoms with Crippen LogP contribution in [0.25, 0.3) is 5.76 Å². The number of hydrogen-bond acceptors (Lipinski definition) is 5.